The lowest BCUT2D eigenvalue weighted by Gasteiger charge is -2.27. The minimum Gasteiger partial charge on any atom is -0.355 e. The molecule has 0 spiro atoms. The van der Waals surface area contributed by atoms with Crippen molar-refractivity contribution in [3.63, 3.8) is 0 Å². The number of aromatic nitrogens is 1. The predicted molar refractivity (Wildman–Crippen MR) is 66.2 cm³/mol. The SMILES string of the molecule is Cc1cc(N2CCSCC2)ncc1Br. The average molecular weight is 273 g/mol. The van der Waals surface area contributed by atoms with E-state index in [1.807, 2.05) is 18.0 Å². The van der Waals surface area contributed by atoms with Gasteiger partial charge in [-0.2, -0.15) is 11.8 Å². The predicted octanol–water partition coefficient (Wildman–Crippen LogP) is 2.71. The van der Waals surface area contributed by atoms with Gasteiger partial charge in [-0.1, -0.05) is 0 Å². The van der Waals surface area contributed by atoms with Crippen molar-refractivity contribution in [1.82, 2.24) is 4.98 Å². The van der Waals surface area contributed by atoms with Crippen molar-refractivity contribution in [3.05, 3.63) is 22.3 Å². The fourth-order valence-corrected chi connectivity index (χ4v) is 2.61. The number of nitrogens with zero attached hydrogens (tertiary/aromatic N) is 2. The summed E-state index contributed by atoms with van der Waals surface area (Å²) < 4.78 is 1.09. The fraction of sp³-hybridized carbons (Fsp3) is 0.500. The van der Waals surface area contributed by atoms with E-state index in [0.29, 0.717) is 0 Å². The Morgan fingerprint density at radius 3 is 2.79 bits per heavy atom. The van der Waals surface area contributed by atoms with E-state index in [1.165, 1.54) is 17.1 Å². The number of aryl methyl sites for hydroxylation is 1. The summed E-state index contributed by atoms with van der Waals surface area (Å²) in [5.41, 5.74) is 1.26. The first-order valence-electron chi connectivity index (χ1n) is 4.72. The van der Waals surface area contributed by atoms with Crippen molar-refractivity contribution in [2.75, 3.05) is 29.5 Å². The van der Waals surface area contributed by atoms with Gasteiger partial charge >= 0.3 is 0 Å². The van der Waals surface area contributed by atoms with E-state index >= 15 is 0 Å². The third kappa shape index (κ3) is 2.23. The smallest absolute Gasteiger partial charge is 0.128 e. The van der Waals surface area contributed by atoms with Crippen LogP contribution in [0.1, 0.15) is 5.56 Å². The number of anilines is 1. The van der Waals surface area contributed by atoms with Crippen LogP contribution in [0.2, 0.25) is 0 Å². The average Bonchev–Trinajstić information content (AvgIpc) is 2.23. The second-order valence-corrected chi connectivity index (χ2v) is 5.47. The Kier molecular flexibility index (Phi) is 3.34. The van der Waals surface area contributed by atoms with Crippen LogP contribution in [0.15, 0.2) is 16.7 Å². The van der Waals surface area contributed by atoms with Gasteiger partial charge in [0, 0.05) is 35.3 Å². The summed E-state index contributed by atoms with van der Waals surface area (Å²) in [6, 6.07) is 2.15. The third-order valence-electron chi connectivity index (χ3n) is 2.37. The summed E-state index contributed by atoms with van der Waals surface area (Å²) in [7, 11) is 0. The van der Waals surface area contributed by atoms with Crippen molar-refractivity contribution < 1.29 is 0 Å². The molecule has 4 heteroatoms. The summed E-state index contributed by atoms with van der Waals surface area (Å²) in [6.07, 6.45) is 1.90. The van der Waals surface area contributed by atoms with Gasteiger partial charge in [0.1, 0.15) is 5.82 Å². The number of hydrogen-bond donors (Lipinski definition) is 0. The number of hydrogen-bond acceptors (Lipinski definition) is 3. The quantitative estimate of drug-likeness (QED) is 0.782. The van der Waals surface area contributed by atoms with Crippen LogP contribution in [-0.2, 0) is 0 Å². The van der Waals surface area contributed by atoms with Gasteiger partial charge in [0.05, 0.1) is 0 Å². The monoisotopic (exact) mass is 272 g/mol. The summed E-state index contributed by atoms with van der Waals surface area (Å²) in [6.45, 7) is 4.35. The second-order valence-electron chi connectivity index (χ2n) is 3.39. The Labute approximate surface area is 97.2 Å². The maximum absolute atomic E-state index is 4.43. The molecule has 0 atom stereocenters. The molecule has 0 aliphatic carbocycles. The normalized spacial score (nSPS) is 17.1. The molecule has 0 N–H and O–H groups in total. The molecule has 1 saturated heterocycles. The molecule has 1 aromatic heterocycles. The first-order valence-corrected chi connectivity index (χ1v) is 6.67. The van der Waals surface area contributed by atoms with Gasteiger partial charge in [0.2, 0.25) is 0 Å². The van der Waals surface area contributed by atoms with Gasteiger partial charge in [-0.15, -0.1) is 0 Å². The first kappa shape index (κ1) is 10.3. The summed E-state index contributed by atoms with van der Waals surface area (Å²) in [5.74, 6) is 3.55. The van der Waals surface area contributed by atoms with Gasteiger partial charge in [0.15, 0.2) is 0 Å². The number of thioether (sulfide) groups is 1. The minimum atomic E-state index is 1.09. The van der Waals surface area contributed by atoms with Gasteiger partial charge in [-0.25, -0.2) is 4.98 Å². The van der Waals surface area contributed by atoms with Crippen molar-refractivity contribution in [1.29, 1.82) is 0 Å². The van der Waals surface area contributed by atoms with Gasteiger partial charge in [0.25, 0.3) is 0 Å². The topological polar surface area (TPSA) is 16.1 Å². The molecule has 14 heavy (non-hydrogen) atoms. The van der Waals surface area contributed by atoms with Crippen molar-refractivity contribution in [2.45, 2.75) is 6.92 Å². The molecule has 1 aromatic rings. The molecule has 76 valence electrons. The van der Waals surface area contributed by atoms with Crippen molar-refractivity contribution in [2.24, 2.45) is 0 Å². The van der Waals surface area contributed by atoms with Crippen LogP contribution in [0.3, 0.4) is 0 Å². The zero-order valence-corrected chi connectivity index (χ0v) is 10.6. The first-order chi connectivity index (χ1) is 6.77. The second kappa shape index (κ2) is 4.53. The molecule has 1 fully saturated rings. The minimum absolute atomic E-state index is 1.09. The summed E-state index contributed by atoms with van der Waals surface area (Å²) in [4.78, 5) is 6.79. The van der Waals surface area contributed by atoms with Crippen LogP contribution in [0.4, 0.5) is 5.82 Å². The highest BCUT2D eigenvalue weighted by atomic mass is 79.9. The molecule has 0 bridgehead atoms. The number of pyridine rings is 1. The highest BCUT2D eigenvalue weighted by Gasteiger charge is 2.12. The van der Waals surface area contributed by atoms with E-state index in [1.54, 1.807) is 0 Å². The van der Waals surface area contributed by atoms with Crippen LogP contribution in [-0.4, -0.2) is 29.6 Å². The fourth-order valence-electron chi connectivity index (χ4n) is 1.49. The molecule has 0 radical (unpaired) electrons. The lowest BCUT2D eigenvalue weighted by atomic mass is 10.3. The molecule has 2 nitrogen and oxygen atoms in total. The highest BCUT2D eigenvalue weighted by molar-refractivity contribution is 9.10. The lowest BCUT2D eigenvalue weighted by Crippen LogP contribution is -2.33. The molecule has 1 aliphatic rings. The molecule has 0 aromatic carbocycles. The van der Waals surface area contributed by atoms with Crippen LogP contribution in [0.25, 0.3) is 0 Å². The lowest BCUT2D eigenvalue weighted by molar-refractivity contribution is 0.837. The van der Waals surface area contributed by atoms with E-state index in [4.69, 9.17) is 0 Å². The Hall–Kier alpha value is -0.220. The Bertz CT molecular complexity index is 324. The maximum atomic E-state index is 4.43. The van der Waals surface area contributed by atoms with Gasteiger partial charge in [-0.3, -0.25) is 0 Å². The van der Waals surface area contributed by atoms with E-state index in [-0.39, 0.29) is 0 Å². The Balaban J connectivity index is 2.18. The van der Waals surface area contributed by atoms with Crippen molar-refractivity contribution >= 4 is 33.5 Å². The molecular weight excluding hydrogens is 260 g/mol. The molecule has 2 heterocycles. The van der Waals surface area contributed by atoms with E-state index in [0.717, 1.165) is 23.4 Å². The molecule has 2 rings (SSSR count). The number of halogens is 1. The van der Waals surface area contributed by atoms with Crippen molar-refractivity contribution in [3.8, 4) is 0 Å². The van der Waals surface area contributed by atoms with E-state index in [2.05, 4.69) is 38.8 Å². The van der Waals surface area contributed by atoms with Crippen LogP contribution in [0, 0.1) is 6.92 Å². The summed E-state index contributed by atoms with van der Waals surface area (Å²) in [5, 5.41) is 0. The Morgan fingerprint density at radius 2 is 2.14 bits per heavy atom. The van der Waals surface area contributed by atoms with E-state index in [9.17, 15) is 0 Å². The zero-order chi connectivity index (χ0) is 9.97. The van der Waals surface area contributed by atoms with Crippen LogP contribution >= 0.6 is 27.7 Å². The zero-order valence-electron chi connectivity index (χ0n) is 8.16. The van der Waals surface area contributed by atoms with E-state index < -0.39 is 0 Å². The molecule has 0 amide bonds. The molecular formula is C10H13BrN2S. The Morgan fingerprint density at radius 1 is 1.43 bits per heavy atom. The van der Waals surface area contributed by atoms with Crippen LogP contribution < -0.4 is 4.90 Å². The maximum Gasteiger partial charge on any atom is 0.128 e. The van der Waals surface area contributed by atoms with Crippen LogP contribution in [0.5, 0.6) is 0 Å². The van der Waals surface area contributed by atoms with Gasteiger partial charge < -0.3 is 4.90 Å². The highest BCUT2D eigenvalue weighted by Crippen LogP contribution is 2.22. The standard InChI is InChI=1S/C10H13BrN2S/c1-8-6-10(12-7-9(8)11)13-2-4-14-5-3-13/h6-7H,2-5H2,1H3. The third-order valence-corrected chi connectivity index (χ3v) is 4.14. The molecule has 1 aliphatic heterocycles. The largest absolute Gasteiger partial charge is 0.355 e. The summed E-state index contributed by atoms with van der Waals surface area (Å²) >= 11 is 5.49. The molecule has 0 saturated carbocycles. The van der Waals surface area contributed by atoms with Gasteiger partial charge in [-0.05, 0) is 34.5 Å². The number of rotatable bonds is 1. The molecule has 0 unspecified atom stereocenters.